The van der Waals surface area contributed by atoms with Crippen LogP contribution in [0.3, 0.4) is 0 Å². The zero-order valence-corrected chi connectivity index (χ0v) is 18.1. The molecule has 0 bridgehead atoms. The molecular weight excluding hydrogens is 388 g/mol. The zero-order valence-electron chi connectivity index (χ0n) is 18.1. The number of anilines is 1. The molecule has 0 radical (unpaired) electrons. The van der Waals surface area contributed by atoms with Gasteiger partial charge in [-0.3, -0.25) is 9.59 Å². The zero-order chi connectivity index (χ0) is 21.6. The van der Waals surface area contributed by atoms with Gasteiger partial charge in [0.05, 0.1) is 26.2 Å². The number of hydrogen-bond acceptors (Lipinski definition) is 2. The number of para-hydroxylation sites is 2. The fourth-order valence-electron chi connectivity index (χ4n) is 4.36. The van der Waals surface area contributed by atoms with Crippen LogP contribution in [0.4, 0.5) is 5.69 Å². The van der Waals surface area contributed by atoms with Gasteiger partial charge in [-0.25, -0.2) is 0 Å². The molecule has 2 amide bonds. The van der Waals surface area contributed by atoms with Crippen molar-refractivity contribution in [2.45, 2.75) is 26.2 Å². The number of H-pyrrole nitrogens is 1. The van der Waals surface area contributed by atoms with Crippen LogP contribution in [0.2, 0.25) is 0 Å². The van der Waals surface area contributed by atoms with Gasteiger partial charge >= 0.3 is 0 Å². The molecule has 162 valence electrons. The van der Waals surface area contributed by atoms with Crippen LogP contribution in [0.15, 0.2) is 54.7 Å². The van der Waals surface area contributed by atoms with Crippen LogP contribution in [0.5, 0.6) is 0 Å². The Hall–Kier alpha value is -3.12. The molecule has 6 heteroatoms. The summed E-state index contributed by atoms with van der Waals surface area (Å²) in [4.78, 5) is 31.6. The Morgan fingerprint density at radius 3 is 2.58 bits per heavy atom. The lowest BCUT2D eigenvalue weighted by Gasteiger charge is -2.32. The van der Waals surface area contributed by atoms with E-state index >= 15 is 0 Å². The Morgan fingerprint density at radius 2 is 1.77 bits per heavy atom. The molecule has 1 aromatic heterocycles. The summed E-state index contributed by atoms with van der Waals surface area (Å²) in [5.74, 6) is 0.237. The van der Waals surface area contributed by atoms with Crippen molar-refractivity contribution >= 4 is 28.4 Å². The van der Waals surface area contributed by atoms with Crippen molar-refractivity contribution in [2.75, 3.05) is 38.0 Å². The molecule has 3 N–H and O–H groups in total. The number of aromatic nitrogens is 1. The van der Waals surface area contributed by atoms with Crippen LogP contribution < -0.4 is 10.2 Å². The van der Waals surface area contributed by atoms with E-state index in [1.165, 1.54) is 15.8 Å². The summed E-state index contributed by atoms with van der Waals surface area (Å²) in [6, 6.07) is 16.1. The normalized spacial score (nSPS) is 14.7. The Bertz CT molecular complexity index is 1050. The van der Waals surface area contributed by atoms with E-state index in [9.17, 15) is 9.59 Å². The first-order chi connectivity index (χ1) is 15.1. The van der Waals surface area contributed by atoms with Gasteiger partial charge in [-0.05, 0) is 36.1 Å². The highest BCUT2D eigenvalue weighted by molar-refractivity contribution is 5.92. The Kier molecular flexibility index (Phi) is 6.67. The molecule has 1 aliphatic rings. The van der Waals surface area contributed by atoms with E-state index in [0.717, 1.165) is 42.7 Å². The maximum atomic E-state index is 12.7. The molecule has 0 aliphatic carbocycles. The van der Waals surface area contributed by atoms with Crippen molar-refractivity contribution in [3.05, 3.63) is 65.9 Å². The number of hydrogen-bond donors (Lipinski definition) is 3. The van der Waals surface area contributed by atoms with Crippen LogP contribution in [-0.4, -0.2) is 54.4 Å². The first-order valence-corrected chi connectivity index (χ1v) is 11.2. The second kappa shape index (κ2) is 9.79. The third-order valence-corrected chi connectivity index (χ3v) is 6.19. The molecule has 6 nitrogen and oxygen atoms in total. The van der Waals surface area contributed by atoms with Crippen molar-refractivity contribution in [3.8, 4) is 0 Å². The van der Waals surface area contributed by atoms with Gasteiger partial charge in [0.25, 0.3) is 5.91 Å². The number of quaternary nitrogens is 1. The Morgan fingerprint density at radius 1 is 1.03 bits per heavy atom. The predicted octanol–water partition coefficient (Wildman–Crippen LogP) is 2.03. The molecule has 3 aromatic rings. The van der Waals surface area contributed by atoms with Gasteiger partial charge in [0.2, 0.25) is 5.91 Å². The summed E-state index contributed by atoms with van der Waals surface area (Å²) < 4.78 is 0. The number of fused-ring (bicyclic) bond motifs is 1. The molecule has 0 atom stereocenters. The lowest BCUT2D eigenvalue weighted by atomic mass is 10.1. The minimum absolute atomic E-state index is 0.0370. The van der Waals surface area contributed by atoms with E-state index in [4.69, 9.17) is 0 Å². The highest BCUT2D eigenvalue weighted by Gasteiger charge is 2.25. The molecule has 4 rings (SSSR count). The molecule has 0 spiro atoms. The number of carbonyl (C=O) groups is 2. The molecule has 1 fully saturated rings. The van der Waals surface area contributed by atoms with Crippen LogP contribution in [0.25, 0.3) is 10.9 Å². The number of nitrogens with one attached hydrogen (secondary N) is 3. The standard InChI is InChI=1S/C25H30N4O2/c1-2-19-7-3-5-9-22(19)27-24(30)18-28-13-15-29(16-14-28)25(31)12-11-20-17-26-23-10-6-4-8-21(20)23/h3-10,17,26H,2,11-16,18H2,1H3,(H,27,30)/p+1. The highest BCUT2D eigenvalue weighted by atomic mass is 16.2. The van der Waals surface area contributed by atoms with E-state index in [1.807, 2.05) is 47.5 Å². The monoisotopic (exact) mass is 419 g/mol. The minimum atomic E-state index is 0.0370. The van der Waals surface area contributed by atoms with Crippen molar-refractivity contribution < 1.29 is 14.5 Å². The summed E-state index contributed by atoms with van der Waals surface area (Å²) in [5.41, 5.74) is 4.36. The van der Waals surface area contributed by atoms with Gasteiger partial charge in [-0.15, -0.1) is 0 Å². The van der Waals surface area contributed by atoms with Gasteiger partial charge in [0.15, 0.2) is 6.54 Å². The maximum absolute atomic E-state index is 12.7. The number of carbonyl (C=O) groups excluding carboxylic acids is 2. The largest absolute Gasteiger partial charge is 0.361 e. The molecule has 2 aromatic carbocycles. The summed E-state index contributed by atoms with van der Waals surface area (Å²) in [7, 11) is 0. The smallest absolute Gasteiger partial charge is 0.279 e. The molecule has 31 heavy (non-hydrogen) atoms. The number of amides is 2. The van der Waals surface area contributed by atoms with Crippen LogP contribution in [-0.2, 0) is 22.4 Å². The number of piperazine rings is 1. The highest BCUT2D eigenvalue weighted by Crippen LogP contribution is 2.19. The van der Waals surface area contributed by atoms with E-state index in [-0.39, 0.29) is 11.8 Å². The summed E-state index contributed by atoms with van der Waals surface area (Å²) in [5, 5.41) is 4.24. The van der Waals surface area contributed by atoms with Crippen molar-refractivity contribution in [2.24, 2.45) is 0 Å². The number of aryl methyl sites for hydroxylation is 2. The average Bonchev–Trinajstić information content (AvgIpc) is 3.21. The van der Waals surface area contributed by atoms with Crippen molar-refractivity contribution in [1.82, 2.24) is 9.88 Å². The molecular formula is C25H31N4O2+. The van der Waals surface area contributed by atoms with E-state index in [1.54, 1.807) is 0 Å². The van der Waals surface area contributed by atoms with Crippen molar-refractivity contribution in [3.63, 3.8) is 0 Å². The molecule has 1 saturated heterocycles. The van der Waals surface area contributed by atoms with E-state index in [2.05, 4.69) is 29.4 Å². The van der Waals surface area contributed by atoms with Gasteiger partial charge in [0.1, 0.15) is 0 Å². The summed E-state index contributed by atoms with van der Waals surface area (Å²) in [6.07, 6.45) is 4.17. The Labute approximate surface area is 183 Å². The summed E-state index contributed by atoms with van der Waals surface area (Å²) >= 11 is 0. The van der Waals surface area contributed by atoms with Gasteiger partial charge in [-0.2, -0.15) is 0 Å². The molecule has 0 saturated carbocycles. The molecule has 0 unspecified atom stereocenters. The van der Waals surface area contributed by atoms with Crippen LogP contribution >= 0.6 is 0 Å². The lowest BCUT2D eigenvalue weighted by molar-refractivity contribution is -0.895. The second-order valence-electron chi connectivity index (χ2n) is 8.23. The molecule has 1 aliphatic heterocycles. The lowest BCUT2D eigenvalue weighted by Crippen LogP contribution is -3.15. The third-order valence-electron chi connectivity index (χ3n) is 6.19. The van der Waals surface area contributed by atoms with E-state index < -0.39 is 0 Å². The van der Waals surface area contributed by atoms with E-state index in [0.29, 0.717) is 26.1 Å². The Balaban J connectivity index is 1.22. The number of nitrogens with zero attached hydrogens (tertiary/aromatic N) is 1. The minimum Gasteiger partial charge on any atom is -0.361 e. The second-order valence-corrected chi connectivity index (χ2v) is 8.23. The topological polar surface area (TPSA) is 69.6 Å². The van der Waals surface area contributed by atoms with Gasteiger partial charge in [0, 0.05) is 29.2 Å². The molecule has 2 heterocycles. The van der Waals surface area contributed by atoms with Crippen molar-refractivity contribution in [1.29, 1.82) is 0 Å². The third kappa shape index (κ3) is 5.14. The predicted molar refractivity (Wildman–Crippen MR) is 123 cm³/mol. The SMILES string of the molecule is CCc1ccccc1NC(=O)C[NH+]1CCN(C(=O)CCc2c[nH]c3ccccc23)CC1. The average molecular weight is 420 g/mol. The number of aromatic amines is 1. The van der Waals surface area contributed by atoms with Gasteiger partial charge in [-0.1, -0.05) is 43.3 Å². The quantitative estimate of drug-likeness (QED) is 0.549. The first kappa shape index (κ1) is 21.1. The first-order valence-electron chi connectivity index (χ1n) is 11.2. The fraction of sp³-hybridized carbons (Fsp3) is 0.360. The summed E-state index contributed by atoms with van der Waals surface area (Å²) in [6.45, 7) is 5.56. The van der Waals surface area contributed by atoms with Crippen LogP contribution in [0.1, 0.15) is 24.5 Å². The van der Waals surface area contributed by atoms with Crippen LogP contribution in [0, 0.1) is 0 Å². The maximum Gasteiger partial charge on any atom is 0.279 e. The number of benzene rings is 2. The van der Waals surface area contributed by atoms with Gasteiger partial charge < -0.3 is 20.1 Å². The fourth-order valence-corrected chi connectivity index (χ4v) is 4.36. The number of rotatable bonds is 7.